The number of aromatic nitrogens is 5. The molecule has 1 unspecified atom stereocenters. The molecule has 0 spiro atoms. The molecule has 4 heterocycles. The number of nitrogen functional groups attached to an aromatic ring is 1. The van der Waals surface area contributed by atoms with Gasteiger partial charge in [0.2, 0.25) is 5.95 Å². The first kappa shape index (κ1) is 24.0. The molecule has 1 atom stereocenters. The quantitative estimate of drug-likeness (QED) is 0.514. The molecule has 34 heavy (non-hydrogen) atoms. The number of nitrogens with two attached hydrogens (primary N) is 1. The molecule has 10 nitrogen and oxygen atoms in total. The number of nitrogens with zero attached hydrogens (tertiary/aromatic N) is 6. The molecule has 11 heteroatoms. The second-order valence-electron chi connectivity index (χ2n) is 8.69. The summed E-state index contributed by atoms with van der Waals surface area (Å²) in [6.45, 7) is 2.06. The van der Waals surface area contributed by atoms with Crippen LogP contribution in [0.2, 0.25) is 0 Å². The number of rotatable bonds is 4. The largest absolute Gasteiger partial charge is 0.383 e. The molecule has 1 saturated carbocycles. The summed E-state index contributed by atoms with van der Waals surface area (Å²) in [5.41, 5.74) is 8.92. The Balaban J connectivity index is 0.000000257. The minimum absolute atomic E-state index is 0.174. The molecule has 180 valence electrons. The fourth-order valence-electron chi connectivity index (χ4n) is 4.29. The van der Waals surface area contributed by atoms with Crippen molar-refractivity contribution in [1.29, 1.82) is 5.26 Å². The van der Waals surface area contributed by atoms with Gasteiger partial charge in [-0.2, -0.15) is 10.2 Å². The molecule has 3 aromatic rings. The summed E-state index contributed by atoms with van der Waals surface area (Å²) in [6, 6.07) is 4.48. The van der Waals surface area contributed by atoms with Crippen LogP contribution in [0.1, 0.15) is 44.9 Å². The molecule has 4 N–H and O–H groups in total. The zero-order valence-corrected chi connectivity index (χ0v) is 20.2. The standard InChI is InChI=1S/C17H18N8.C6H13NOS/c18-7-10-1-3-11(4-2-10)23-17-22-8-12(15(19)25-17)14-9-21-16-13(24-14)5-6-20-16;1-9(8)7-5-3-2-4-6-7/h5-6,8-11H,1-4H2,(H,20,21)(H3,19,22,23,25);2-6H2,1H3. The molecule has 1 aliphatic heterocycles. The molecular formula is C23H31N9OS. The van der Waals surface area contributed by atoms with E-state index in [0.29, 0.717) is 23.0 Å². The van der Waals surface area contributed by atoms with Crippen LogP contribution < -0.4 is 11.1 Å². The number of hydrogen-bond donors (Lipinski definition) is 3. The molecule has 2 aliphatic rings. The van der Waals surface area contributed by atoms with Crippen LogP contribution in [-0.4, -0.2) is 58.8 Å². The third-order valence-corrected chi connectivity index (χ3v) is 7.37. The van der Waals surface area contributed by atoms with Crippen LogP contribution in [-0.2, 0) is 11.0 Å². The summed E-state index contributed by atoms with van der Waals surface area (Å²) in [5, 5.41) is 12.3. The smallest absolute Gasteiger partial charge is 0.224 e. The number of piperidine rings is 1. The van der Waals surface area contributed by atoms with E-state index in [1.165, 1.54) is 19.3 Å². The summed E-state index contributed by atoms with van der Waals surface area (Å²) in [5.74, 6) is 1.05. The van der Waals surface area contributed by atoms with Crippen molar-refractivity contribution >= 4 is 33.9 Å². The zero-order valence-electron chi connectivity index (χ0n) is 19.4. The van der Waals surface area contributed by atoms with Crippen LogP contribution in [0.15, 0.2) is 24.7 Å². The Kier molecular flexibility index (Phi) is 8.03. The molecule has 1 saturated heterocycles. The van der Waals surface area contributed by atoms with E-state index in [0.717, 1.165) is 49.9 Å². The third kappa shape index (κ3) is 6.07. The molecule has 0 amide bonds. The fraction of sp³-hybridized carbons (Fsp3) is 0.522. The maximum absolute atomic E-state index is 10.8. The number of anilines is 2. The van der Waals surface area contributed by atoms with E-state index in [-0.39, 0.29) is 12.0 Å². The lowest BCUT2D eigenvalue weighted by atomic mass is 9.87. The topological polar surface area (TPSA) is 150 Å². The molecule has 0 radical (unpaired) electrons. The average molecular weight is 482 g/mol. The van der Waals surface area contributed by atoms with Gasteiger partial charge in [-0.25, -0.2) is 23.5 Å². The van der Waals surface area contributed by atoms with Crippen LogP contribution in [0.4, 0.5) is 11.8 Å². The van der Waals surface area contributed by atoms with Crippen molar-refractivity contribution in [3.05, 3.63) is 24.7 Å². The lowest BCUT2D eigenvalue weighted by molar-refractivity contribution is 0.367. The van der Waals surface area contributed by atoms with Crippen molar-refractivity contribution in [2.75, 3.05) is 30.4 Å². The van der Waals surface area contributed by atoms with Gasteiger partial charge in [0.1, 0.15) is 11.3 Å². The summed E-state index contributed by atoms with van der Waals surface area (Å²) >= 11 is 0. The summed E-state index contributed by atoms with van der Waals surface area (Å²) in [6.07, 6.45) is 14.3. The normalized spacial score (nSPS) is 21.8. The maximum Gasteiger partial charge on any atom is 0.224 e. The van der Waals surface area contributed by atoms with E-state index in [1.807, 2.05) is 10.4 Å². The number of aromatic amines is 1. The van der Waals surface area contributed by atoms with Crippen molar-refractivity contribution < 1.29 is 4.21 Å². The zero-order chi connectivity index (χ0) is 23.9. The van der Waals surface area contributed by atoms with Crippen molar-refractivity contribution in [2.45, 2.75) is 51.0 Å². The van der Waals surface area contributed by atoms with Gasteiger partial charge in [-0.3, -0.25) is 0 Å². The average Bonchev–Trinajstić information content (AvgIpc) is 3.34. The number of fused-ring (bicyclic) bond motifs is 1. The Morgan fingerprint density at radius 1 is 1.15 bits per heavy atom. The lowest BCUT2D eigenvalue weighted by Crippen LogP contribution is -2.30. The van der Waals surface area contributed by atoms with Gasteiger partial charge >= 0.3 is 0 Å². The highest BCUT2D eigenvalue weighted by Crippen LogP contribution is 2.27. The van der Waals surface area contributed by atoms with Crippen molar-refractivity contribution in [3.8, 4) is 17.3 Å². The molecule has 2 fully saturated rings. The Hall–Kier alpha value is -3.10. The minimum atomic E-state index is -0.719. The predicted molar refractivity (Wildman–Crippen MR) is 134 cm³/mol. The highest BCUT2D eigenvalue weighted by Gasteiger charge is 2.21. The highest BCUT2D eigenvalue weighted by atomic mass is 32.2. The first-order valence-corrected chi connectivity index (χ1v) is 13.2. The van der Waals surface area contributed by atoms with Crippen molar-refractivity contribution in [1.82, 2.24) is 29.2 Å². The summed E-state index contributed by atoms with van der Waals surface area (Å²) in [4.78, 5) is 20.6. The van der Waals surface area contributed by atoms with Gasteiger partial charge in [0.05, 0.1) is 34.5 Å². The predicted octanol–water partition coefficient (Wildman–Crippen LogP) is 3.26. The fourth-order valence-corrected chi connectivity index (χ4v) is 5.07. The number of nitriles is 1. The van der Waals surface area contributed by atoms with Crippen LogP contribution >= 0.6 is 0 Å². The van der Waals surface area contributed by atoms with Crippen LogP contribution in [0.5, 0.6) is 0 Å². The van der Waals surface area contributed by atoms with Crippen LogP contribution in [0.3, 0.4) is 0 Å². The summed E-state index contributed by atoms with van der Waals surface area (Å²) in [7, 11) is -0.719. The van der Waals surface area contributed by atoms with Gasteiger partial charge in [-0.05, 0) is 44.6 Å². The van der Waals surface area contributed by atoms with E-state index in [2.05, 4.69) is 36.3 Å². The summed E-state index contributed by atoms with van der Waals surface area (Å²) < 4.78 is 12.9. The number of H-pyrrole nitrogens is 1. The third-order valence-electron chi connectivity index (χ3n) is 6.28. The van der Waals surface area contributed by atoms with Crippen molar-refractivity contribution in [3.63, 3.8) is 0 Å². The van der Waals surface area contributed by atoms with E-state index in [4.69, 9.17) is 11.0 Å². The number of nitrogens with one attached hydrogen (secondary N) is 2. The minimum Gasteiger partial charge on any atom is -0.383 e. The Morgan fingerprint density at radius 3 is 2.56 bits per heavy atom. The van der Waals surface area contributed by atoms with Gasteiger partial charge < -0.3 is 16.0 Å². The van der Waals surface area contributed by atoms with Gasteiger partial charge in [-0.1, -0.05) is 6.42 Å². The number of hydrogen-bond acceptors (Lipinski definition) is 8. The molecular weight excluding hydrogens is 450 g/mol. The van der Waals surface area contributed by atoms with E-state index < -0.39 is 11.0 Å². The van der Waals surface area contributed by atoms with Gasteiger partial charge in [0.25, 0.3) is 0 Å². The van der Waals surface area contributed by atoms with E-state index in [1.54, 1.807) is 24.8 Å². The molecule has 5 rings (SSSR count). The maximum atomic E-state index is 10.8. The first-order valence-electron chi connectivity index (χ1n) is 11.7. The SMILES string of the molecule is CS(=O)N1CCCCC1.N#CC1CCC(Nc2ncc(-c3cnc4[nH]ccc4n3)c(N)n2)CC1. The Bertz CT molecular complexity index is 1160. The van der Waals surface area contributed by atoms with Gasteiger partial charge in [-0.15, -0.1) is 0 Å². The Morgan fingerprint density at radius 2 is 1.91 bits per heavy atom. The molecule has 0 bridgehead atoms. The first-order chi connectivity index (χ1) is 16.5. The second kappa shape index (κ2) is 11.4. The second-order valence-corrected chi connectivity index (χ2v) is 10.1. The monoisotopic (exact) mass is 481 g/mol. The molecule has 1 aliphatic carbocycles. The van der Waals surface area contributed by atoms with Gasteiger partial charge in [0, 0.05) is 43.7 Å². The van der Waals surface area contributed by atoms with Crippen LogP contribution in [0.25, 0.3) is 22.4 Å². The van der Waals surface area contributed by atoms with E-state index in [9.17, 15) is 4.21 Å². The molecule has 0 aromatic carbocycles. The van der Waals surface area contributed by atoms with Gasteiger partial charge in [0.15, 0.2) is 5.65 Å². The molecule has 3 aromatic heterocycles. The van der Waals surface area contributed by atoms with E-state index >= 15 is 0 Å². The lowest BCUT2D eigenvalue weighted by Gasteiger charge is -2.25. The Labute approximate surface area is 202 Å². The van der Waals surface area contributed by atoms with Crippen molar-refractivity contribution in [2.24, 2.45) is 5.92 Å². The highest BCUT2D eigenvalue weighted by molar-refractivity contribution is 7.81. The van der Waals surface area contributed by atoms with Crippen LogP contribution in [0, 0.1) is 17.2 Å².